The number of aliphatic hydroxyl groups excluding tert-OH is 1. The van der Waals surface area contributed by atoms with Crippen LogP contribution in [-0.4, -0.2) is 66.2 Å². The molecular formula is C17H25FN2O3. The molecule has 0 aromatic heterocycles. The first-order valence-electron chi connectivity index (χ1n) is 8.09. The summed E-state index contributed by atoms with van der Waals surface area (Å²) in [5, 5.41) is 10.0. The number of halogens is 1. The Morgan fingerprint density at radius 1 is 1.30 bits per heavy atom. The zero-order chi connectivity index (χ0) is 16.7. The number of carbonyl (C=O) groups excluding carboxylic acids is 1. The molecule has 1 fully saturated rings. The van der Waals surface area contributed by atoms with E-state index in [4.69, 9.17) is 4.74 Å². The number of hydrogen-bond acceptors (Lipinski definition) is 4. The van der Waals surface area contributed by atoms with Crippen molar-refractivity contribution in [3.8, 4) is 0 Å². The van der Waals surface area contributed by atoms with E-state index in [1.807, 2.05) is 11.8 Å². The quantitative estimate of drug-likeness (QED) is 0.820. The molecule has 1 aromatic rings. The van der Waals surface area contributed by atoms with Crippen LogP contribution in [0.15, 0.2) is 24.3 Å². The second-order valence-corrected chi connectivity index (χ2v) is 5.80. The van der Waals surface area contributed by atoms with Gasteiger partial charge in [0.05, 0.1) is 19.3 Å². The Bertz CT molecular complexity index is 504. The van der Waals surface area contributed by atoms with E-state index in [2.05, 4.69) is 4.90 Å². The molecule has 0 radical (unpaired) electrons. The Morgan fingerprint density at radius 2 is 2.00 bits per heavy atom. The van der Waals surface area contributed by atoms with Gasteiger partial charge in [-0.05, 0) is 6.07 Å². The summed E-state index contributed by atoms with van der Waals surface area (Å²) in [5.74, 6) is -0.114. The molecule has 1 heterocycles. The first-order chi connectivity index (χ1) is 11.1. The van der Waals surface area contributed by atoms with Crippen LogP contribution in [0.2, 0.25) is 0 Å². The zero-order valence-corrected chi connectivity index (χ0v) is 13.6. The number of amides is 1. The number of rotatable bonds is 7. The van der Waals surface area contributed by atoms with Crippen LogP contribution in [0.3, 0.4) is 0 Å². The summed E-state index contributed by atoms with van der Waals surface area (Å²) in [7, 11) is 0. The molecule has 0 bridgehead atoms. The molecule has 23 heavy (non-hydrogen) atoms. The van der Waals surface area contributed by atoms with E-state index >= 15 is 0 Å². The molecule has 128 valence electrons. The SMILES string of the molecule is CCC(=O)N1CCN(CC(O)COCc2ccccc2F)CC1. The standard InChI is InChI=1S/C17H25FN2O3/c1-2-17(22)20-9-7-19(8-10-20)11-15(21)13-23-12-14-5-3-4-6-16(14)18/h3-6,15,21H,2,7-13H2,1H3. The van der Waals surface area contributed by atoms with E-state index in [1.54, 1.807) is 18.2 Å². The summed E-state index contributed by atoms with van der Waals surface area (Å²) in [6.45, 7) is 5.62. The minimum Gasteiger partial charge on any atom is -0.389 e. The lowest BCUT2D eigenvalue weighted by atomic mass is 10.2. The third-order valence-electron chi connectivity index (χ3n) is 4.02. The topological polar surface area (TPSA) is 53.0 Å². The Kier molecular flexibility index (Phi) is 6.95. The van der Waals surface area contributed by atoms with Crippen LogP contribution in [0.5, 0.6) is 0 Å². The van der Waals surface area contributed by atoms with Crippen molar-refractivity contribution in [1.29, 1.82) is 0 Å². The number of aliphatic hydroxyl groups is 1. The van der Waals surface area contributed by atoms with Gasteiger partial charge in [-0.3, -0.25) is 9.69 Å². The number of ether oxygens (including phenoxy) is 1. The second-order valence-electron chi connectivity index (χ2n) is 5.80. The number of benzene rings is 1. The fourth-order valence-electron chi connectivity index (χ4n) is 2.67. The molecule has 1 N–H and O–H groups in total. The average molecular weight is 324 g/mol. The van der Waals surface area contributed by atoms with Gasteiger partial charge in [-0.2, -0.15) is 0 Å². The number of piperazine rings is 1. The highest BCUT2D eigenvalue weighted by molar-refractivity contribution is 5.75. The van der Waals surface area contributed by atoms with Crippen LogP contribution in [0.4, 0.5) is 4.39 Å². The maximum atomic E-state index is 13.4. The third-order valence-corrected chi connectivity index (χ3v) is 4.02. The highest BCUT2D eigenvalue weighted by Crippen LogP contribution is 2.09. The van der Waals surface area contributed by atoms with Gasteiger partial charge in [-0.25, -0.2) is 4.39 Å². The Morgan fingerprint density at radius 3 is 2.65 bits per heavy atom. The summed E-state index contributed by atoms with van der Waals surface area (Å²) in [6.07, 6.45) is -0.0813. The normalized spacial score (nSPS) is 17.3. The van der Waals surface area contributed by atoms with Crippen LogP contribution in [-0.2, 0) is 16.1 Å². The van der Waals surface area contributed by atoms with Gasteiger partial charge < -0.3 is 14.7 Å². The molecule has 1 saturated heterocycles. The highest BCUT2D eigenvalue weighted by Gasteiger charge is 2.21. The van der Waals surface area contributed by atoms with Gasteiger partial charge in [0, 0.05) is 44.7 Å². The van der Waals surface area contributed by atoms with Crippen LogP contribution < -0.4 is 0 Å². The van der Waals surface area contributed by atoms with Crippen molar-refractivity contribution in [1.82, 2.24) is 9.80 Å². The molecule has 1 aromatic carbocycles. The average Bonchev–Trinajstić information content (AvgIpc) is 2.56. The Balaban J connectivity index is 1.65. The van der Waals surface area contributed by atoms with E-state index in [9.17, 15) is 14.3 Å². The van der Waals surface area contributed by atoms with Gasteiger partial charge in [0.15, 0.2) is 0 Å². The maximum absolute atomic E-state index is 13.4. The molecule has 2 rings (SSSR count). The molecular weight excluding hydrogens is 299 g/mol. The molecule has 0 aliphatic carbocycles. The minimum absolute atomic E-state index is 0.155. The smallest absolute Gasteiger partial charge is 0.222 e. The van der Waals surface area contributed by atoms with E-state index in [-0.39, 0.29) is 24.9 Å². The fourth-order valence-corrected chi connectivity index (χ4v) is 2.67. The monoisotopic (exact) mass is 324 g/mol. The largest absolute Gasteiger partial charge is 0.389 e. The number of carbonyl (C=O) groups is 1. The van der Waals surface area contributed by atoms with E-state index < -0.39 is 6.10 Å². The van der Waals surface area contributed by atoms with Crippen molar-refractivity contribution >= 4 is 5.91 Å². The highest BCUT2D eigenvalue weighted by atomic mass is 19.1. The lowest BCUT2D eigenvalue weighted by Crippen LogP contribution is -2.50. The Labute approximate surface area is 136 Å². The fraction of sp³-hybridized carbons (Fsp3) is 0.588. The molecule has 1 atom stereocenters. The van der Waals surface area contributed by atoms with Gasteiger partial charge in [0.1, 0.15) is 5.82 Å². The predicted molar refractivity (Wildman–Crippen MR) is 85.4 cm³/mol. The predicted octanol–water partition coefficient (Wildman–Crippen LogP) is 1.26. The summed E-state index contributed by atoms with van der Waals surface area (Å²) in [4.78, 5) is 15.6. The summed E-state index contributed by atoms with van der Waals surface area (Å²) in [6, 6.07) is 6.46. The molecule has 1 unspecified atom stereocenters. The van der Waals surface area contributed by atoms with Gasteiger partial charge >= 0.3 is 0 Å². The van der Waals surface area contributed by atoms with E-state index in [0.29, 0.717) is 31.6 Å². The van der Waals surface area contributed by atoms with Crippen molar-refractivity contribution < 1.29 is 19.0 Å². The van der Waals surface area contributed by atoms with Gasteiger partial charge in [0.2, 0.25) is 5.91 Å². The van der Waals surface area contributed by atoms with E-state index in [0.717, 1.165) is 13.1 Å². The van der Waals surface area contributed by atoms with Crippen LogP contribution in [0, 0.1) is 5.82 Å². The van der Waals surface area contributed by atoms with Crippen LogP contribution >= 0.6 is 0 Å². The van der Waals surface area contributed by atoms with Gasteiger partial charge in [0.25, 0.3) is 0 Å². The summed E-state index contributed by atoms with van der Waals surface area (Å²) in [5.41, 5.74) is 0.492. The molecule has 1 aliphatic heterocycles. The van der Waals surface area contributed by atoms with E-state index in [1.165, 1.54) is 6.07 Å². The molecule has 6 heteroatoms. The van der Waals surface area contributed by atoms with Crippen molar-refractivity contribution in [3.63, 3.8) is 0 Å². The zero-order valence-electron chi connectivity index (χ0n) is 13.6. The van der Waals surface area contributed by atoms with Crippen molar-refractivity contribution in [2.75, 3.05) is 39.3 Å². The Hall–Kier alpha value is -1.50. The molecule has 1 aliphatic rings. The third kappa shape index (κ3) is 5.57. The lowest BCUT2D eigenvalue weighted by Gasteiger charge is -2.35. The van der Waals surface area contributed by atoms with Gasteiger partial charge in [-0.15, -0.1) is 0 Å². The summed E-state index contributed by atoms with van der Waals surface area (Å²) < 4.78 is 18.8. The number of β-amino-alcohol motifs (C(OH)–C–C–N with tert-alkyl or cyclic N) is 1. The minimum atomic E-state index is -0.616. The summed E-state index contributed by atoms with van der Waals surface area (Å²) >= 11 is 0. The van der Waals surface area contributed by atoms with Crippen LogP contribution in [0.1, 0.15) is 18.9 Å². The molecule has 0 spiro atoms. The van der Waals surface area contributed by atoms with Crippen molar-refractivity contribution in [2.45, 2.75) is 26.1 Å². The number of hydrogen-bond donors (Lipinski definition) is 1. The first kappa shape index (κ1) is 17.8. The second kappa shape index (κ2) is 8.96. The molecule has 0 saturated carbocycles. The first-order valence-corrected chi connectivity index (χ1v) is 8.09. The van der Waals surface area contributed by atoms with Crippen molar-refractivity contribution in [2.24, 2.45) is 0 Å². The number of nitrogens with zero attached hydrogens (tertiary/aromatic N) is 2. The van der Waals surface area contributed by atoms with Crippen molar-refractivity contribution in [3.05, 3.63) is 35.6 Å². The van der Waals surface area contributed by atoms with Crippen LogP contribution in [0.25, 0.3) is 0 Å². The van der Waals surface area contributed by atoms with Gasteiger partial charge in [-0.1, -0.05) is 25.1 Å². The lowest BCUT2D eigenvalue weighted by molar-refractivity contribution is -0.132. The molecule has 1 amide bonds. The molecule has 5 nitrogen and oxygen atoms in total. The maximum Gasteiger partial charge on any atom is 0.222 e.